The van der Waals surface area contributed by atoms with Crippen molar-refractivity contribution in [2.45, 2.75) is 38.0 Å². The van der Waals surface area contributed by atoms with Gasteiger partial charge in [0, 0.05) is 11.3 Å². The maximum Gasteiger partial charge on any atom is 0.319 e. The Morgan fingerprint density at radius 2 is 1.83 bits per heavy atom. The predicted octanol–water partition coefficient (Wildman–Crippen LogP) is 3.30. The molecule has 0 aromatic heterocycles. The van der Waals surface area contributed by atoms with Crippen LogP contribution in [-0.2, 0) is 6.61 Å². The van der Waals surface area contributed by atoms with Crippen LogP contribution in [0.1, 0.15) is 24.8 Å². The summed E-state index contributed by atoms with van der Waals surface area (Å²) in [6, 6.07) is 16.6. The molecule has 0 unspecified atom stereocenters. The largest absolute Gasteiger partial charge is 0.489 e. The Bertz CT molecular complexity index is 675. The van der Waals surface area contributed by atoms with Crippen LogP contribution >= 0.6 is 0 Å². The second kappa shape index (κ2) is 7.84. The van der Waals surface area contributed by atoms with E-state index in [1.807, 2.05) is 54.6 Å². The number of rotatable bonds is 5. The third-order valence-corrected chi connectivity index (χ3v) is 4.20. The van der Waals surface area contributed by atoms with Gasteiger partial charge in [0.1, 0.15) is 12.4 Å². The molecule has 3 rings (SSSR count). The molecular weight excluding hydrogens is 304 g/mol. The number of anilines is 1. The number of amides is 2. The van der Waals surface area contributed by atoms with Crippen molar-refractivity contribution in [2.24, 2.45) is 0 Å². The summed E-state index contributed by atoms with van der Waals surface area (Å²) in [4.78, 5) is 12.2. The van der Waals surface area contributed by atoms with Gasteiger partial charge in [0.15, 0.2) is 0 Å². The van der Waals surface area contributed by atoms with Gasteiger partial charge in [-0.05, 0) is 37.5 Å². The first-order chi connectivity index (χ1) is 11.7. The minimum Gasteiger partial charge on any atom is -0.489 e. The van der Waals surface area contributed by atoms with E-state index in [1.54, 1.807) is 0 Å². The molecule has 1 saturated carbocycles. The lowest BCUT2D eigenvalue weighted by atomic mass is 10.2. The van der Waals surface area contributed by atoms with Crippen LogP contribution in [0.4, 0.5) is 10.5 Å². The van der Waals surface area contributed by atoms with Gasteiger partial charge < -0.3 is 20.5 Å². The number of nitrogens with one attached hydrogen (secondary N) is 2. The number of ether oxygens (including phenoxy) is 1. The summed E-state index contributed by atoms with van der Waals surface area (Å²) in [7, 11) is 0. The third-order valence-electron chi connectivity index (χ3n) is 4.20. The number of carbonyl (C=O) groups is 1. The lowest BCUT2D eigenvalue weighted by molar-refractivity contribution is 0.151. The summed E-state index contributed by atoms with van der Waals surface area (Å²) < 4.78 is 5.75. The Hall–Kier alpha value is -2.53. The van der Waals surface area contributed by atoms with Crippen LogP contribution in [0.2, 0.25) is 0 Å². The van der Waals surface area contributed by atoms with E-state index in [0.717, 1.165) is 30.6 Å². The molecule has 2 aromatic rings. The highest BCUT2D eigenvalue weighted by molar-refractivity contribution is 5.90. The zero-order valence-corrected chi connectivity index (χ0v) is 13.4. The van der Waals surface area contributed by atoms with Gasteiger partial charge >= 0.3 is 6.03 Å². The van der Waals surface area contributed by atoms with Crippen LogP contribution in [-0.4, -0.2) is 23.3 Å². The average molecular weight is 326 g/mol. The van der Waals surface area contributed by atoms with Crippen LogP contribution < -0.4 is 15.4 Å². The maximum absolute atomic E-state index is 12.2. The highest BCUT2D eigenvalue weighted by Gasteiger charge is 2.26. The van der Waals surface area contributed by atoms with Gasteiger partial charge in [0.05, 0.1) is 12.1 Å². The highest BCUT2D eigenvalue weighted by Crippen LogP contribution is 2.20. The van der Waals surface area contributed by atoms with E-state index in [4.69, 9.17) is 4.74 Å². The molecule has 1 aliphatic rings. The van der Waals surface area contributed by atoms with Crippen LogP contribution in [0.15, 0.2) is 54.6 Å². The van der Waals surface area contributed by atoms with Crippen LogP contribution in [0.25, 0.3) is 0 Å². The quantitative estimate of drug-likeness (QED) is 0.789. The van der Waals surface area contributed by atoms with Gasteiger partial charge in [-0.3, -0.25) is 0 Å². The fourth-order valence-electron chi connectivity index (χ4n) is 2.88. The minimum absolute atomic E-state index is 0.169. The van der Waals surface area contributed by atoms with E-state index in [2.05, 4.69) is 10.6 Å². The summed E-state index contributed by atoms with van der Waals surface area (Å²) in [5.41, 5.74) is 1.60. The number of hydrogen-bond acceptors (Lipinski definition) is 3. The maximum atomic E-state index is 12.2. The molecule has 1 aliphatic carbocycles. The molecule has 0 radical (unpaired) electrons. The summed E-state index contributed by atoms with van der Waals surface area (Å²) in [5, 5.41) is 15.5. The second-order valence-corrected chi connectivity index (χ2v) is 5.96. The van der Waals surface area contributed by atoms with Crippen LogP contribution in [0, 0.1) is 0 Å². The summed E-state index contributed by atoms with van der Waals surface area (Å²) in [5.74, 6) is 0.783. The molecule has 2 amide bonds. The van der Waals surface area contributed by atoms with Gasteiger partial charge in [-0.1, -0.05) is 36.4 Å². The normalized spacial score (nSPS) is 19.7. The number of carbonyl (C=O) groups excluding carboxylic acids is 1. The first-order valence-corrected chi connectivity index (χ1v) is 8.24. The van der Waals surface area contributed by atoms with Gasteiger partial charge in [-0.15, -0.1) is 0 Å². The average Bonchev–Trinajstić information content (AvgIpc) is 3.00. The van der Waals surface area contributed by atoms with Gasteiger partial charge in [0.2, 0.25) is 0 Å². The smallest absolute Gasteiger partial charge is 0.319 e. The zero-order valence-electron chi connectivity index (χ0n) is 13.4. The molecule has 0 saturated heterocycles. The molecule has 0 spiro atoms. The Morgan fingerprint density at radius 1 is 1.08 bits per heavy atom. The van der Waals surface area contributed by atoms with Crippen molar-refractivity contribution in [1.29, 1.82) is 0 Å². The van der Waals surface area contributed by atoms with E-state index < -0.39 is 6.10 Å². The molecule has 1 fully saturated rings. The molecule has 0 bridgehead atoms. The molecule has 5 nitrogen and oxygen atoms in total. The molecule has 5 heteroatoms. The third kappa shape index (κ3) is 4.26. The standard InChI is InChI=1S/C19H22N2O3/c22-18-12-6-11-17(18)21-19(23)20-16-10-5-4-7-14(16)13-24-15-8-2-1-3-9-15/h1-5,7-10,17-18,22H,6,11-13H2,(H2,20,21,23)/t17-,18+/m0/s1. The molecule has 2 aromatic carbocycles. The topological polar surface area (TPSA) is 70.6 Å². The summed E-state index contributed by atoms with van der Waals surface area (Å²) >= 11 is 0. The zero-order chi connectivity index (χ0) is 16.8. The summed E-state index contributed by atoms with van der Waals surface area (Å²) in [6.07, 6.45) is 2.04. The van der Waals surface area contributed by atoms with Crippen LogP contribution in [0.3, 0.4) is 0 Å². The minimum atomic E-state index is -0.451. The first kappa shape index (κ1) is 16.3. The van der Waals surface area contributed by atoms with Crippen molar-refractivity contribution in [1.82, 2.24) is 5.32 Å². The van der Waals surface area contributed by atoms with E-state index in [-0.39, 0.29) is 12.1 Å². The fourth-order valence-corrected chi connectivity index (χ4v) is 2.88. The van der Waals surface area contributed by atoms with Crippen molar-refractivity contribution in [3.63, 3.8) is 0 Å². The Labute approximate surface area is 141 Å². The van der Waals surface area contributed by atoms with Crippen molar-refractivity contribution in [3.05, 3.63) is 60.2 Å². The molecule has 2 atom stereocenters. The van der Waals surface area contributed by atoms with Gasteiger partial charge in [-0.2, -0.15) is 0 Å². The van der Waals surface area contributed by atoms with Gasteiger partial charge in [0.25, 0.3) is 0 Å². The number of aliphatic hydroxyl groups excluding tert-OH is 1. The van der Waals surface area contributed by atoms with E-state index in [1.165, 1.54) is 0 Å². The number of urea groups is 1. The van der Waals surface area contributed by atoms with Crippen molar-refractivity contribution < 1.29 is 14.6 Å². The van der Waals surface area contributed by atoms with E-state index >= 15 is 0 Å². The molecule has 3 N–H and O–H groups in total. The lowest BCUT2D eigenvalue weighted by Gasteiger charge is -2.18. The number of hydrogen-bond donors (Lipinski definition) is 3. The Balaban J connectivity index is 1.60. The second-order valence-electron chi connectivity index (χ2n) is 5.96. The van der Waals surface area contributed by atoms with Crippen LogP contribution in [0.5, 0.6) is 5.75 Å². The number of benzene rings is 2. The monoisotopic (exact) mass is 326 g/mol. The van der Waals surface area contributed by atoms with E-state index in [0.29, 0.717) is 12.3 Å². The van der Waals surface area contributed by atoms with Crippen molar-refractivity contribution in [2.75, 3.05) is 5.32 Å². The summed E-state index contributed by atoms with van der Waals surface area (Å²) in [6.45, 7) is 0.368. The highest BCUT2D eigenvalue weighted by atomic mass is 16.5. The van der Waals surface area contributed by atoms with Crippen molar-refractivity contribution >= 4 is 11.7 Å². The number of para-hydroxylation sites is 2. The predicted molar refractivity (Wildman–Crippen MR) is 93.0 cm³/mol. The van der Waals surface area contributed by atoms with E-state index in [9.17, 15) is 9.90 Å². The Morgan fingerprint density at radius 3 is 2.58 bits per heavy atom. The fraction of sp³-hybridized carbons (Fsp3) is 0.316. The SMILES string of the molecule is O=C(Nc1ccccc1COc1ccccc1)N[C@H]1CCC[C@H]1O. The lowest BCUT2D eigenvalue weighted by Crippen LogP contribution is -2.42. The first-order valence-electron chi connectivity index (χ1n) is 8.24. The Kier molecular flexibility index (Phi) is 5.33. The number of aliphatic hydroxyl groups is 1. The molecule has 126 valence electrons. The molecule has 24 heavy (non-hydrogen) atoms. The molecule has 0 aliphatic heterocycles. The molecular formula is C19H22N2O3. The van der Waals surface area contributed by atoms with Gasteiger partial charge in [-0.25, -0.2) is 4.79 Å². The van der Waals surface area contributed by atoms with Crippen molar-refractivity contribution in [3.8, 4) is 5.75 Å². The molecule has 0 heterocycles.